The van der Waals surface area contributed by atoms with Crippen molar-refractivity contribution in [3.8, 4) is 22.8 Å². The topological polar surface area (TPSA) is 67.6 Å². The van der Waals surface area contributed by atoms with E-state index < -0.39 is 6.36 Å². The van der Waals surface area contributed by atoms with Crippen LogP contribution in [0.1, 0.15) is 41.0 Å². The first-order valence-electron chi connectivity index (χ1n) is 14.3. The summed E-state index contributed by atoms with van der Waals surface area (Å²) in [6.45, 7) is 8.10. The fourth-order valence-corrected chi connectivity index (χ4v) is 6.67. The number of alkyl halides is 3. The molecule has 3 aromatic carbocycles. The van der Waals surface area contributed by atoms with E-state index in [2.05, 4.69) is 70.1 Å². The lowest BCUT2D eigenvalue weighted by molar-refractivity contribution is -0.274. The maximum atomic E-state index is 12.4. The molecule has 2 atom stereocenters. The van der Waals surface area contributed by atoms with Gasteiger partial charge in [-0.1, -0.05) is 53.7 Å². The van der Waals surface area contributed by atoms with E-state index in [0.717, 1.165) is 35.9 Å². The molecule has 224 valence electrons. The number of anilines is 1. The number of rotatable bonds is 8. The first-order chi connectivity index (χ1) is 20.6. The van der Waals surface area contributed by atoms with Crippen LogP contribution in [0.4, 0.5) is 18.9 Å². The zero-order valence-electron chi connectivity index (χ0n) is 24.2. The van der Waals surface area contributed by atoms with Crippen LogP contribution in [0.15, 0.2) is 72.0 Å². The van der Waals surface area contributed by atoms with Crippen molar-refractivity contribution in [2.45, 2.75) is 51.9 Å². The van der Waals surface area contributed by atoms with Crippen molar-refractivity contribution in [1.82, 2.24) is 20.1 Å². The van der Waals surface area contributed by atoms with E-state index in [1.807, 2.05) is 23.9 Å². The summed E-state index contributed by atoms with van der Waals surface area (Å²) >= 11 is 1.84. The highest BCUT2D eigenvalue weighted by atomic mass is 32.2. The smallest absolute Gasteiger partial charge is 0.406 e. The lowest BCUT2D eigenvalue weighted by atomic mass is 10.0. The number of hydrogen-bond acceptors (Lipinski definition) is 6. The molecule has 1 saturated heterocycles. The summed E-state index contributed by atoms with van der Waals surface area (Å²) < 4.78 is 42.7. The van der Waals surface area contributed by atoms with E-state index in [9.17, 15) is 13.2 Å². The van der Waals surface area contributed by atoms with Gasteiger partial charge < -0.3 is 9.64 Å². The number of hydrogen-bond donors (Lipinski definition) is 1. The summed E-state index contributed by atoms with van der Waals surface area (Å²) in [5.74, 6) is 1.79. The van der Waals surface area contributed by atoms with Crippen LogP contribution in [0, 0.1) is 20.8 Å². The number of ether oxygens (including phenoxy) is 1. The zero-order valence-corrected chi connectivity index (χ0v) is 25.0. The minimum absolute atomic E-state index is 0.283. The fraction of sp³-hybridized carbons (Fsp3) is 0.344. The van der Waals surface area contributed by atoms with Gasteiger partial charge in [-0.05, 0) is 74.6 Å². The standard InChI is InChI=1S/C32H33F3N6OS/c1-20-15-21(2)29(22(3)16-20)40-13-4-14-43-31(40)37-18-36-28-17-27(28)23-5-7-24(8-6-23)30-38-19-41(39-30)25-9-11-26(12-10-25)42-32(33,34)35/h5-12,15-16,19,27-28,36H,4,13-14,17-18H2,1-3H3. The summed E-state index contributed by atoms with van der Waals surface area (Å²) in [5.41, 5.74) is 7.87. The van der Waals surface area contributed by atoms with Crippen LogP contribution in [-0.4, -0.2) is 51.3 Å². The summed E-state index contributed by atoms with van der Waals surface area (Å²) in [6, 6.07) is 18.6. The average Bonchev–Trinajstić information content (AvgIpc) is 3.56. The Kier molecular flexibility index (Phi) is 8.19. The Bertz CT molecular complexity index is 1590. The SMILES string of the molecule is Cc1cc(C)c(N2CCCSC2=NCNC2CC2c2ccc(-c3ncn(-c4ccc(OC(F)(F)F)cc4)n3)cc2)c(C)c1. The second-order valence-corrected chi connectivity index (χ2v) is 12.1. The van der Waals surface area contributed by atoms with Crippen molar-refractivity contribution in [1.29, 1.82) is 0 Å². The number of benzene rings is 3. The largest absolute Gasteiger partial charge is 0.573 e. The van der Waals surface area contributed by atoms with Crippen LogP contribution >= 0.6 is 11.8 Å². The molecule has 4 aromatic rings. The number of nitrogens with zero attached hydrogens (tertiary/aromatic N) is 5. The Labute approximate surface area is 253 Å². The van der Waals surface area contributed by atoms with Crippen molar-refractivity contribution >= 4 is 22.6 Å². The molecule has 11 heteroatoms. The zero-order chi connectivity index (χ0) is 30.1. The Hall–Kier alpha value is -3.83. The lowest BCUT2D eigenvalue weighted by Crippen LogP contribution is -2.36. The average molecular weight is 607 g/mol. The molecule has 1 aromatic heterocycles. The van der Waals surface area contributed by atoms with Crippen molar-refractivity contribution in [3.63, 3.8) is 0 Å². The van der Waals surface area contributed by atoms with E-state index in [-0.39, 0.29) is 5.75 Å². The van der Waals surface area contributed by atoms with Gasteiger partial charge in [0.1, 0.15) is 12.1 Å². The molecule has 0 radical (unpaired) electrons. The third kappa shape index (κ3) is 6.88. The minimum atomic E-state index is -4.73. The number of amidine groups is 1. The Morgan fingerprint density at radius 1 is 1.02 bits per heavy atom. The molecule has 7 nitrogen and oxygen atoms in total. The Morgan fingerprint density at radius 2 is 1.74 bits per heavy atom. The first kappa shape index (κ1) is 29.3. The third-order valence-electron chi connectivity index (χ3n) is 7.68. The first-order valence-corrected chi connectivity index (χ1v) is 15.3. The minimum Gasteiger partial charge on any atom is -0.406 e. The molecule has 1 saturated carbocycles. The van der Waals surface area contributed by atoms with Gasteiger partial charge in [-0.25, -0.2) is 14.7 Å². The van der Waals surface area contributed by atoms with Gasteiger partial charge in [-0.2, -0.15) is 0 Å². The maximum absolute atomic E-state index is 12.4. The van der Waals surface area contributed by atoms with Crippen LogP contribution in [0.5, 0.6) is 5.75 Å². The molecule has 6 rings (SSSR count). The van der Waals surface area contributed by atoms with E-state index in [0.29, 0.717) is 30.1 Å². The van der Waals surface area contributed by atoms with E-state index in [1.165, 1.54) is 56.9 Å². The van der Waals surface area contributed by atoms with Crippen LogP contribution in [0.2, 0.25) is 0 Å². The predicted molar refractivity (Wildman–Crippen MR) is 165 cm³/mol. The molecule has 2 unspecified atom stereocenters. The van der Waals surface area contributed by atoms with Gasteiger partial charge >= 0.3 is 6.36 Å². The lowest BCUT2D eigenvalue weighted by Gasteiger charge is -2.32. The van der Waals surface area contributed by atoms with Crippen LogP contribution in [0.3, 0.4) is 0 Å². The monoisotopic (exact) mass is 606 g/mol. The van der Waals surface area contributed by atoms with Crippen LogP contribution in [-0.2, 0) is 0 Å². The molecular formula is C32H33F3N6OS. The molecule has 1 aliphatic heterocycles. The van der Waals surface area contributed by atoms with Gasteiger partial charge in [0.05, 0.1) is 12.4 Å². The number of aryl methyl sites for hydroxylation is 3. The normalized spacial score (nSPS) is 19.6. The van der Waals surface area contributed by atoms with Crippen molar-refractivity contribution in [2.75, 3.05) is 23.9 Å². The second kappa shape index (κ2) is 12.0. The number of thioether (sulfide) groups is 1. The summed E-state index contributed by atoms with van der Waals surface area (Å²) in [4.78, 5) is 11.7. The molecule has 2 fully saturated rings. The van der Waals surface area contributed by atoms with Gasteiger partial charge in [0, 0.05) is 35.5 Å². The Morgan fingerprint density at radius 3 is 2.44 bits per heavy atom. The quantitative estimate of drug-likeness (QED) is 0.230. The maximum Gasteiger partial charge on any atom is 0.573 e. The van der Waals surface area contributed by atoms with Crippen molar-refractivity contribution in [2.24, 2.45) is 4.99 Å². The summed E-state index contributed by atoms with van der Waals surface area (Å²) in [7, 11) is 0. The Balaban J connectivity index is 1.05. The second-order valence-electron chi connectivity index (χ2n) is 11.0. The number of halogens is 3. The molecule has 2 aliphatic rings. The molecular weight excluding hydrogens is 573 g/mol. The highest BCUT2D eigenvalue weighted by molar-refractivity contribution is 8.14. The van der Waals surface area contributed by atoms with Crippen molar-refractivity contribution in [3.05, 3.63) is 89.2 Å². The van der Waals surface area contributed by atoms with Gasteiger partial charge in [-0.3, -0.25) is 5.32 Å². The molecule has 43 heavy (non-hydrogen) atoms. The van der Waals surface area contributed by atoms with Gasteiger partial charge in [0.15, 0.2) is 11.0 Å². The highest BCUT2D eigenvalue weighted by Gasteiger charge is 2.38. The molecule has 1 N–H and O–H groups in total. The van der Waals surface area contributed by atoms with E-state index >= 15 is 0 Å². The van der Waals surface area contributed by atoms with E-state index in [1.54, 1.807) is 6.33 Å². The van der Waals surface area contributed by atoms with E-state index in [4.69, 9.17) is 4.99 Å². The van der Waals surface area contributed by atoms with Gasteiger partial charge in [-0.15, -0.1) is 18.3 Å². The molecule has 0 amide bonds. The number of aliphatic imine (C=N–C) groups is 1. The summed E-state index contributed by atoms with van der Waals surface area (Å²) in [5, 5.41) is 9.21. The third-order valence-corrected chi connectivity index (χ3v) is 8.78. The predicted octanol–water partition coefficient (Wildman–Crippen LogP) is 7.16. The molecule has 0 bridgehead atoms. The molecule has 0 spiro atoms. The molecule has 2 heterocycles. The fourth-order valence-electron chi connectivity index (χ4n) is 5.72. The van der Waals surface area contributed by atoms with Gasteiger partial charge in [0.2, 0.25) is 0 Å². The van der Waals surface area contributed by atoms with Crippen LogP contribution < -0.4 is 15.0 Å². The molecule has 1 aliphatic carbocycles. The van der Waals surface area contributed by atoms with Crippen LogP contribution in [0.25, 0.3) is 17.1 Å². The highest BCUT2D eigenvalue weighted by Crippen LogP contribution is 2.41. The van der Waals surface area contributed by atoms with Gasteiger partial charge in [0.25, 0.3) is 0 Å². The van der Waals surface area contributed by atoms with Crippen molar-refractivity contribution < 1.29 is 17.9 Å². The number of nitrogens with one attached hydrogen (secondary N) is 1. The number of aromatic nitrogens is 3. The summed E-state index contributed by atoms with van der Waals surface area (Å²) in [6.07, 6.45) is -0.972.